The number of para-hydroxylation sites is 1. The second-order valence-corrected chi connectivity index (χ2v) is 8.08. The van der Waals surface area contributed by atoms with E-state index in [-0.39, 0.29) is 0 Å². The van der Waals surface area contributed by atoms with Crippen molar-refractivity contribution in [1.82, 2.24) is 4.98 Å². The first-order valence-corrected chi connectivity index (χ1v) is 12.2. The summed E-state index contributed by atoms with van der Waals surface area (Å²) in [6.07, 6.45) is 2.50. The summed E-state index contributed by atoms with van der Waals surface area (Å²) >= 11 is -0.665. The molecule has 1 radical (unpaired) electrons. The van der Waals surface area contributed by atoms with E-state index in [0.717, 1.165) is 28.1 Å². The van der Waals surface area contributed by atoms with E-state index in [0.29, 0.717) is 0 Å². The van der Waals surface area contributed by atoms with E-state index < -0.39 is 15.9 Å². The van der Waals surface area contributed by atoms with E-state index in [9.17, 15) is 0 Å². The zero-order valence-corrected chi connectivity index (χ0v) is 21.0. The number of nitrogens with zero attached hydrogens (tertiary/aromatic N) is 1. The molecule has 0 aliphatic heterocycles. The highest BCUT2D eigenvalue weighted by atomic mass is 27.2. The molecule has 3 aromatic carbocycles. The molecule has 0 amide bonds. The Morgan fingerprint density at radius 1 is 0.656 bits per heavy atom. The highest BCUT2D eigenvalue weighted by Gasteiger charge is 2.10. The fraction of sp³-hybridized carbons (Fsp3) is 0.250. The smallest absolute Gasteiger partial charge is 0.616 e. The summed E-state index contributed by atoms with van der Waals surface area (Å²) in [5.41, 5.74) is 4.21. The molecule has 0 aliphatic rings. The molecule has 0 atom stereocenters. The number of hydrogen-bond acceptors (Lipinski definition) is 3. The van der Waals surface area contributed by atoms with Crippen molar-refractivity contribution in [2.45, 2.75) is 47.5 Å². The molecule has 4 aromatic rings. The van der Waals surface area contributed by atoms with Gasteiger partial charge in [-0.1, -0.05) is 101 Å². The van der Waals surface area contributed by atoms with Gasteiger partial charge >= 0.3 is 15.9 Å². The van der Waals surface area contributed by atoms with Crippen LogP contribution in [0, 0.1) is 6.92 Å². The average Bonchev–Trinajstić information content (AvgIpc) is 2.81. The van der Waals surface area contributed by atoms with Gasteiger partial charge in [-0.3, -0.25) is 0 Å². The highest BCUT2D eigenvalue weighted by molar-refractivity contribution is 6.21. The van der Waals surface area contributed by atoms with Crippen LogP contribution in [0.2, 0.25) is 0 Å². The van der Waals surface area contributed by atoms with Crippen LogP contribution in [-0.2, 0) is 0 Å². The van der Waals surface area contributed by atoms with Crippen LogP contribution >= 0.6 is 0 Å². The molecule has 0 saturated carbocycles. The van der Waals surface area contributed by atoms with Crippen molar-refractivity contribution in [2.24, 2.45) is 0 Å². The number of rotatable bonds is 5. The molecule has 0 bridgehead atoms. The Balaban J connectivity index is 0.000000547. The fourth-order valence-electron chi connectivity index (χ4n) is 2.80. The maximum absolute atomic E-state index is 5.89. The predicted molar refractivity (Wildman–Crippen MR) is 137 cm³/mol. The molecule has 1 aromatic heterocycles. The lowest BCUT2D eigenvalue weighted by Crippen LogP contribution is -2.11. The van der Waals surface area contributed by atoms with Gasteiger partial charge < -0.3 is 7.58 Å². The molecule has 0 unspecified atom stereocenters. The van der Waals surface area contributed by atoms with Crippen molar-refractivity contribution >= 4 is 26.8 Å². The van der Waals surface area contributed by atoms with E-state index in [1.165, 1.54) is 24.0 Å². The third kappa shape index (κ3) is 8.04. The van der Waals surface area contributed by atoms with Gasteiger partial charge in [0.25, 0.3) is 0 Å². The molecule has 3 nitrogen and oxygen atoms in total. The molecule has 0 spiro atoms. The highest BCUT2D eigenvalue weighted by Crippen LogP contribution is 2.25. The topological polar surface area (TPSA) is 31.4 Å². The van der Waals surface area contributed by atoms with E-state index >= 15 is 0 Å². The number of aromatic nitrogens is 1. The van der Waals surface area contributed by atoms with Crippen molar-refractivity contribution in [1.29, 1.82) is 0 Å². The van der Waals surface area contributed by atoms with Gasteiger partial charge in [-0.25, -0.2) is 4.98 Å². The van der Waals surface area contributed by atoms with Crippen LogP contribution in [0.3, 0.4) is 0 Å². The van der Waals surface area contributed by atoms with Gasteiger partial charge in [-0.2, -0.15) is 0 Å². The second kappa shape index (κ2) is 14.3. The van der Waals surface area contributed by atoms with Crippen molar-refractivity contribution in [3.63, 3.8) is 0 Å². The third-order valence-electron chi connectivity index (χ3n) is 4.14. The molecule has 4 rings (SSSR count). The van der Waals surface area contributed by atoms with Crippen molar-refractivity contribution in [3.05, 3.63) is 90.6 Å². The molecule has 4 heteroatoms. The maximum atomic E-state index is 5.89. The summed E-state index contributed by atoms with van der Waals surface area (Å²) in [5, 5.41) is 1.07. The predicted octanol–water partition coefficient (Wildman–Crippen LogP) is 8.03. The van der Waals surface area contributed by atoms with Gasteiger partial charge in [0.1, 0.15) is 11.3 Å². The Morgan fingerprint density at radius 3 is 1.94 bits per heavy atom. The zero-order valence-electron chi connectivity index (χ0n) is 19.8. The lowest BCUT2D eigenvalue weighted by molar-refractivity contribution is 0.461. The molecule has 1 heterocycles. The lowest BCUT2D eigenvalue weighted by Gasteiger charge is -2.11. The normalized spacial score (nSPS) is 9.66. The third-order valence-corrected chi connectivity index (χ3v) is 4.86. The average molecular weight is 443 g/mol. The second-order valence-electron chi connectivity index (χ2n) is 7.42. The Labute approximate surface area is 199 Å². The summed E-state index contributed by atoms with van der Waals surface area (Å²) in [6, 6.07) is 28.4. The van der Waals surface area contributed by atoms with Gasteiger partial charge in [0.15, 0.2) is 0 Å². The van der Waals surface area contributed by atoms with Crippen LogP contribution in [0.5, 0.6) is 11.5 Å². The van der Waals surface area contributed by atoms with E-state index in [2.05, 4.69) is 63.0 Å². The lowest BCUT2D eigenvalue weighted by atomic mass is 10.1. The van der Waals surface area contributed by atoms with Crippen LogP contribution in [0.15, 0.2) is 84.9 Å². The Bertz CT molecular complexity index is 1050. The molecule has 0 N–H and O–H groups in total. The monoisotopic (exact) mass is 442 g/mol. The Kier molecular flexibility index (Phi) is 11.4. The van der Waals surface area contributed by atoms with Crippen LogP contribution in [0.25, 0.3) is 22.0 Å². The summed E-state index contributed by atoms with van der Waals surface area (Å²) in [4.78, 5) is 4.58. The van der Waals surface area contributed by atoms with Crippen LogP contribution in [0.1, 0.15) is 46.2 Å². The van der Waals surface area contributed by atoms with Gasteiger partial charge in [-0.05, 0) is 42.3 Å². The van der Waals surface area contributed by atoms with Crippen LogP contribution in [-0.4, -0.2) is 20.9 Å². The molecular formula is C28H33AlNO2. The molecule has 32 heavy (non-hydrogen) atoms. The largest absolute Gasteiger partial charge is 0.881 e. The van der Waals surface area contributed by atoms with Gasteiger partial charge in [-0.15, -0.1) is 0 Å². The minimum absolute atomic E-state index is 0.665. The molecule has 0 fully saturated rings. The first-order chi connectivity index (χ1) is 15.6. The molecule has 0 saturated heterocycles. The number of hydrogen-bond donors (Lipinski definition) is 0. The number of benzene rings is 3. The summed E-state index contributed by atoms with van der Waals surface area (Å²) in [5.74, 6) is 1.58. The number of aryl methyl sites for hydroxylation is 1. The van der Waals surface area contributed by atoms with Gasteiger partial charge in [0.2, 0.25) is 0 Å². The first kappa shape index (κ1) is 25.5. The number of fused-ring (bicyclic) bond motifs is 1. The summed E-state index contributed by atoms with van der Waals surface area (Å²) < 4.78 is 11.7. The first-order valence-electron chi connectivity index (χ1n) is 11.3. The fourth-order valence-corrected chi connectivity index (χ4v) is 3.41. The van der Waals surface area contributed by atoms with Crippen molar-refractivity contribution in [3.8, 4) is 22.6 Å². The quantitative estimate of drug-likeness (QED) is 0.293. The Morgan fingerprint density at radius 2 is 1.28 bits per heavy atom. The Hall–Kier alpha value is -2.80. The van der Waals surface area contributed by atoms with E-state index in [1.807, 2.05) is 61.5 Å². The summed E-state index contributed by atoms with van der Waals surface area (Å²) in [6.45, 7) is 10.5. The zero-order chi connectivity index (χ0) is 23.2. The minimum atomic E-state index is -0.665. The SMILES string of the molecule is CCC.CCC.Cc1ccc2cccc([O][Al][O]c3ccc(-c4ccccc4)cc3)c2n1. The molecule has 165 valence electrons. The van der Waals surface area contributed by atoms with Crippen LogP contribution in [0.4, 0.5) is 0 Å². The minimum Gasteiger partial charge on any atom is -0.616 e. The van der Waals surface area contributed by atoms with Gasteiger partial charge in [0.05, 0.1) is 5.75 Å². The summed E-state index contributed by atoms with van der Waals surface area (Å²) in [7, 11) is 0. The van der Waals surface area contributed by atoms with E-state index in [1.54, 1.807) is 0 Å². The van der Waals surface area contributed by atoms with E-state index in [4.69, 9.17) is 7.58 Å². The molecular weight excluding hydrogens is 409 g/mol. The van der Waals surface area contributed by atoms with Crippen molar-refractivity contribution < 1.29 is 7.58 Å². The standard InChI is InChI=1S/C12H10O.C10H9NO.2C3H8.Al/c13-12-8-6-11(7-9-12)10-4-2-1-3-5-10;1-7-5-6-8-3-2-4-9(12)10(8)11-7;2*1-3-2;/h1-9,13H;2-6,12H,1H3;2*3H2,1-2H3;/q;;;;+2/p-2. The van der Waals surface area contributed by atoms with Crippen LogP contribution < -0.4 is 7.58 Å². The van der Waals surface area contributed by atoms with Gasteiger partial charge in [0, 0.05) is 11.1 Å². The number of pyridine rings is 1. The molecule has 0 aliphatic carbocycles. The maximum Gasteiger partial charge on any atom is 0.881 e. The van der Waals surface area contributed by atoms with Crippen molar-refractivity contribution in [2.75, 3.05) is 0 Å².